The number of rotatable bonds is 3. The van der Waals surface area contributed by atoms with Crippen molar-refractivity contribution in [2.24, 2.45) is 0 Å². The van der Waals surface area contributed by atoms with Crippen molar-refractivity contribution in [3.8, 4) is 5.75 Å². The molecule has 1 amide bonds. The smallest absolute Gasteiger partial charge is 0.211 e. The maximum atomic E-state index is 9.86. The number of aromatic nitrogens is 1. The average Bonchev–Trinajstić information content (AvgIpc) is 2.52. The van der Waals surface area contributed by atoms with Gasteiger partial charge in [0.2, 0.25) is 6.41 Å². The highest BCUT2D eigenvalue weighted by Crippen LogP contribution is 2.11. The molecule has 1 heterocycles. The minimum absolute atomic E-state index is 0.662. The molecular weight excluding hydrogens is 252 g/mol. The summed E-state index contributed by atoms with van der Waals surface area (Å²) < 4.78 is 4.98. The zero-order chi connectivity index (χ0) is 15.2. The highest BCUT2D eigenvalue weighted by atomic mass is 16.5. The topological polar surface area (TPSA) is 51.2 Å². The summed E-state index contributed by atoms with van der Waals surface area (Å²) in [4.78, 5) is 13.9. The molecule has 108 valence electrons. The Morgan fingerprint density at radius 2 is 1.75 bits per heavy atom. The second kappa shape index (κ2) is 11.7. The van der Waals surface area contributed by atoms with Crippen molar-refractivity contribution >= 4 is 12.1 Å². The maximum absolute atomic E-state index is 9.86. The van der Waals surface area contributed by atoms with Gasteiger partial charge in [0.1, 0.15) is 5.75 Å². The summed E-state index contributed by atoms with van der Waals surface area (Å²) in [5.74, 6) is 0.845. The lowest BCUT2D eigenvalue weighted by atomic mass is 10.3. The fourth-order valence-corrected chi connectivity index (χ4v) is 1.29. The zero-order valence-corrected chi connectivity index (χ0v) is 12.5. The number of benzene rings is 1. The number of pyridine rings is 1. The van der Waals surface area contributed by atoms with E-state index >= 15 is 0 Å². The normalized spacial score (nSPS) is 8.20. The second-order valence-corrected chi connectivity index (χ2v) is 3.42. The molecule has 0 aliphatic carbocycles. The predicted molar refractivity (Wildman–Crippen MR) is 83.0 cm³/mol. The number of amides is 1. The molecule has 2 rings (SSSR count). The van der Waals surface area contributed by atoms with E-state index in [0.717, 1.165) is 17.1 Å². The van der Waals surface area contributed by atoms with Gasteiger partial charge in [0.05, 0.1) is 12.8 Å². The molecule has 1 aromatic carbocycles. The first-order valence-electron chi connectivity index (χ1n) is 6.48. The maximum Gasteiger partial charge on any atom is 0.211 e. The molecule has 1 aromatic heterocycles. The molecule has 0 atom stereocenters. The van der Waals surface area contributed by atoms with Gasteiger partial charge < -0.3 is 10.1 Å². The summed E-state index contributed by atoms with van der Waals surface area (Å²) in [5, 5.41) is 2.53. The molecule has 2 aromatic rings. The van der Waals surface area contributed by atoms with Crippen LogP contribution in [0.4, 0.5) is 5.69 Å². The number of methoxy groups -OCH3 is 1. The summed E-state index contributed by atoms with van der Waals surface area (Å²) in [5.41, 5.74) is 1.76. The second-order valence-electron chi connectivity index (χ2n) is 3.42. The summed E-state index contributed by atoms with van der Waals surface area (Å²) in [6, 6.07) is 13.0. The van der Waals surface area contributed by atoms with Gasteiger partial charge in [-0.05, 0) is 31.2 Å². The minimum atomic E-state index is 0.662. The van der Waals surface area contributed by atoms with Crippen LogP contribution in [0.25, 0.3) is 0 Å². The number of nitrogens with one attached hydrogen (secondary N) is 1. The van der Waals surface area contributed by atoms with Crippen LogP contribution in [-0.4, -0.2) is 18.5 Å². The monoisotopic (exact) mass is 274 g/mol. The van der Waals surface area contributed by atoms with E-state index in [2.05, 4.69) is 10.3 Å². The SMILES string of the molecule is CC.COc1cccnc1C.O=CNc1ccccc1. The van der Waals surface area contributed by atoms with E-state index in [0.29, 0.717) is 6.41 Å². The number of nitrogens with zero attached hydrogens (tertiary/aromatic N) is 1. The van der Waals surface area contributed by atoms with Crippen LogP contribution in [0.3, 0.4) is 0 Å². The Labute approximate surface area is 120 Å². The van der Waals surface area contributed by atoms with E-state index in [-0.39, 0.29) is 0 Å². The molecule has 0 fully saturated rings. The first-order valence-corrected chi connectivity index (χ1v) is 6.48. The van der Waals surface area contributed by atoms with E-state index < -0.39 is 0 Å². The molecule has 0 radical (unpaired) electrons. The highest BCUT2D eigenvalue weighted by molar-refractivity contribution is 5.70. The number of carbonyl (C=O) groups is 1. The van der Waals surface area contributed by atoms with Crippen LogP contribution < -0.4 is 10.1 Å². The Bertz CT molecular complexity index is 473. The molecule has 0 aliphatic heterocycles. The minimum Gasteiger partial charge on any atom is -0.495 e. The summed E-state index contributed by atoms with van der Waals surface area (Å²) in [6.07, 6.45) is 2.41. The lowest BCUT2D eigenvalue weighted by Crippen LogP contribution is -1.91. The third-order valence-corrected chi connectivity index (χ3v) is 2.18. The van der Waals surface area contributed by atoms with Gasteiger partial charge in [-0.3, -0.25) is 9.78 Å². The van der Waals surface area contributed by atoms with Gasteiger partial charge in [0, 0.05) is 11.9 Å². The third kappa shape index (κ3) is 7.16. The standard InChI is InChI=1S/C7H9NO.C7H7NO.C2H6/c1-6-7(9-2)4-3-5-8-6;9-6-8-7-4-2-1-3-5-7;1-2/h3-5H,1-2H3;1-6H,(H,8,9);1-2H3. The van der Waals surface area contributed by atoms with Crippen LogP contribution in [0.15, 0.2) is 48.7 Å². The van der Waals surface area contributed by atoms with Crippen LogP contribution in [0, 0.1) is 6.92 Å². The zero-order valence-electron chi connectivity index (χ0n) is 12.5. The van der Waals surface area contributed by atoms with Gasteiger partial charge in [-0.2, -0.15) is 0 Å². The third-order valence-electron chi connectivity index (χ3n) is 2.18. The van der Waals surface area contributed by atoms with Crippen molar-refractivity contribution in [2.45, 2.75) is 20.8 Å². The van der Waals surface area contributed by atoms with Crippen molar-refractivity contribution in [1.82, 2.24) is 4.98 Å². The number of ether oxygens (including phenoxy) is 1. The van der Waals surface area contributed by atoms with E-state index in [1.807, 2.05) is 63.2 Å². The Kier molecular flexibility index (Phi) is 10.3. The molecule has 0 bridgehead atoms. The quantitative estimate of drug-likeness (QED) is 0.869. The van der Waals surface area contributed by atoms with Crippen molar-refractivity contribution in [3.63, 3.8) is 0 Å². The van der Waals surface area contributed by atoms with Crippen LogP contribution in [-0.2, 0) is 4.79 Å². The first-order chi connectivity index (χ1) is 9.77. The molecule has 0 spiro atoms. The van der Waals surface area contributed by atoms with Gasteiger partial charge in [0.25, 0.3) is 0 Å². The van der Waals surface area contributed by atoms with Gasteiger partial charge >= 0.3 is 0 Å². The predicted octanol–water partition coefficient (Wildman–Crippen LogP) is 3.68. The number of para-hydroxylation sites is 1. The number of carbonyl (C=O) groups excluding carboxylic acids is 1. The van der Waals surface area contributed by atoms with E-state index in [4.69, 9.17) is 4.74 Å². The molecule has 4 heteroatoms. The van der Waals surface area contributed by atoms with Crippen LogP contribution in [0.1, 0.15) is 19.5 Å². The molecule has 1 N–H and O–H groups in total. The molecule has 4 nitrogen and oxygen atoms in total. The highest BCUT2D eigenvalue weighted by Gasteiger charge is 1.92. The van der Waals surface area contributed by atoms with Gasteiger partial charge in [-0.15, -0.1) is 0 Å². The van der Waals surface area contributed by atoms with E-state index in [1.54, 1.807) is 13.3 Å². The van der Waals surface area contributed by atoms with Gasteiger partial charge in [-0.25, -0.2) is 0 Å². The summed E-state index contributed by atoms with van der Waals surface area (Å²) >= 11 is 0. The Hall–Kier alpha value is -2.36. The van der Waals surface area contributed by atoms with Crippen molar-refractivity contribution in [1.29, 1.82) is 0 Å². The lowest BCUT2D eigenvalue weighted by Gasteiger charge is -1.99. The van der Waals surface area contributed by atoms with Crippen LogP contribution in [0.5, 0.6) is 5.75 Å². The van der Waals surface area contributed by atoms with E-state index in [1.165, 1.54) is 0 Å². The Balaban J connectivity index is 0.000000321. The Morgan fingerprint density at radius 1 is 1.10 bits per heavy atom. The fourth-order valence-electron chi connectivity index (χ4n) is 1.29. The Morgan fingerprint density at radius 3 is 2.20 bits per heavy atom. The molecule has 0 unspecified atom stereocenters. The molecule has 0 saturated carbocycles. The van der Waals surface area contributed by atoms with Crippen LogP contribution in [0.2, 0.25) is 0 Å². The van der Waals surface area contributed by atoms with Crippen molar-refractivity contribution in [3.05, 3.63) is 54.4 Å². The molecule has 0 aliphatic rings. The summed E-state index contributed by atoms with van der Waals surface area (Å²) in [7, 11) is 1.64. The van der Waals surface area contributed by atoms with Crippen LogP contribution >= 0.6 is 0 Å². The lowest BCUT2D eigenvalue weighted by molar-refractivity contribution is -0.105. The molecule has 0 saturated heterocycles. The van der Waals surface area contributed by atoms with Crippen molar-refractivity contribution in [2.75, 3.05) is 12.4 Å². The first kappa shape index (κ1) is 17.6. The fraction of sp³-hybridized carbons (Fsp3) is 0.250. The largest absolute Gasteiger partial charge is 0.495 e. The number of aryl methyl sites for hydroxylation is 1. The van der Waals surface area contributed by atoms with Crippen molar-refractivity contribution < 1.29 is 9.53 Å². The van der Waals surface area contributed by atoms with E-state index in [9.17, 15) is 4.79 Å². The van der Waals surface area contributed by atoms with Gasteiger partial charge in [0.15, 0.2) is 0 Å². The molecular formula is C16H22N2O2. The number of hydrogen-bond acceptors (Lipinski definition) is 3. The number of hydrogen-bond donors (Lipinski definition) is 1. The van der Waals surface area contributed by atoms with Gasteiger partial charge in [-0.1, -0.05) is 32.0 Å². The number of anilines is 1. The summed E-state index contributed by atoms with van der Waals surface area (Å²) in [6.45, 7) is 5.92. The average molecular weight is 274 g/mol. The molecule has 20 heavy (non-hydrogen) atoms.